The maximum absolute atomic E-state index is 12.5. The van der Waals surface area contributed by atoms with Crippen molar-refractivity contribution in [2.24, 2.45) is 0 Å². The van der Waals surface area contributed by atoms with Gasteiger partial charge in [-0.3, -0.25) is 9.69 Å². The molecule has 7 nitrogen and oxygen atoms in total. The lowest BCUT2D eigenvalue weighted by Gasteiger charge is -2.37. The SMILES string of the molecule is COc1ccccc1NC(=O)C(C)N1CCN(C(=O)NC(C)C)CC1. The molecule has 0 bridgehead atoms. The summed E-state index contributed by atoms with van der Waals surface area (Å²) in [7, 11) is 1.58. The molecule has 0 saturated carbocycles. The zero-order valence-electron chi connectivity index (χ0n) is 15.4. The summed E-state index contributed by atoms with van der Waals surface area (Å²) >= 11 is 0. The number of nitrogens with one attached hydrogen (secondary N) is 2. The Kier molecular flexibility index (Phi) is 6.64. The van der Waals surface area contributed by atoms with Crippen molar-refractivity contribution >= 4 is 17.6 Å². The van der Waals surface area contributed by atoms with Gasteiger partial charge < -0.3 is 20.3 Å². The van der Waals surface area contributed by atoms with Crippen LogP contribution in [0.3, 0.4) is 0 Å². The summed E-state index contributed by atoms with van der Waals surface area (Å²) < 4.78 is 5.26. The molecule has 1 aliphatic heterocycles. The third kappa shape index (κ3) is 5.09. The van der Waals surface area contributed by atoms with E-state index in [2.05, 4.69) is 15.5 Å². The van der Waals surface area contributed by atoms with E-state index in [-0.39, 0.29) is 24.0 Å². The highest BCUT2D eigenvalue weighted by Gasteiger charge is 2.27. The van der Waals surface area contributed by atoms with Gasteiger partial charge in [0.2, 0.25) is 5.91 Å². The Morgan fingerprint density at radius 1 is 1.08 bits per heavy atom. The van der Waals surface area contributed by atoms with Crippen molar-refractivity contribution in [2.75, 3.05) is 38.6 Å². The fourth-order valence-corrected chi connectivity index (χ4v) is 2.80. The highest BCUT2D eigenvalue weighted by molar-refractivity contribution is 5.95. The van der Waals surface area contributed by atoms with Crippen LogP contribution in [0, 0.1) is 0 Å². The first kappa shape index (κ1) is 19.1. The molecule has 1 fully saturated rings. The third-order valence-electron chi connectivity index (χ3n) is 4.31. The monoisotopic (exact) mass is 348 g/mol. The number of rotatable bonds is 5. The van der Waals surface area contributed by atoms with E-state index in [1.807, 2.05) is 45.0 Å². The Labute approximate surface area is 149 Å². The minimum absolute atomic E-state index is 0.0409. The number of para-hydroxylation sites is 2. The molecule has 1 heterocycles. The smallest absolute Gasteiger partial charge is 0.317 e. The molecule has 25 heavy (non-hydrogen) atoms. The molecule has 3 amide bonds. The molecular weight excluding hydrogens is 320 g/mol. The number of amides is 3. The number of anilines is 1. The van der Waals surface area contributed by atoms with E-state index in [1.165, 1.54) is 0 Å². The molecule has 1 unspecified atom stereocenters. The number of methoxy groups -OCH3 is 1. The minimum atomic E-state index is -0.278. The first-order chi connectivity index (χ1) is 11.9. The highest BCUT2D eigenvalue weighted by Crippen LogP contribution is 2.23. The summed E-state index contributed by atoms with van der Waals surface area (Å²) in [6, 6.07) is 7.15. The molecular formula is C18H28N4O3. The first-order valence-electron chi connectivity index (χ1n) is 8.65. The average Bonchev–Trinajstić information content (AvgIpc) is 2.61. The van der Waals surface area contributed by atoms with Crippen molar-refractivity contribution in [1.29, 1.82) is 0 Å². The normalized spacial score (nSPS) is 16.4. The van der Waals surface area contributed by atoms with Crippen LogP contribution in [0.25, 0.3) is 0 Å². The lowest BCUT2D eigenvalue weighted by atomic mass is 10.2. The van der Waals surface area contributed by atoms with Gasteiger partial charge in [-0.25, -0.2) is 4.79 Å². The second kappa shape index (κ2) is 8.71. The Morgan fingerprint density at radius 3 is 2.32 bits per heavy atom. The second-order valence-corrected chi connectivity index (χ2v) is 6.49. The lowest BCUT2D eigenvalue weighted by Crippen LogP contribution is -2.56. The Balaban J connectivity index is 1.88. The number of ether oxygens (including phenoxy) is 1. The van der Waals surface area contributed by atoms with Gasteiger partial charge in [0.05, 0.1) is 18.8 Å². The van der Waals surface area contributed by atoms with Crippen molar-refractivity contribution in [1.82, 2.24) is 15.1 Å². The summed E-state index contributed by atoms with van der Waals surface area (Å²) in [5, 5.41) is 5.82. The van der Waals surface area contributed by atoms with Crippen LogP contribution < -0.4 is 15.4 Å². The third-order valence-corrected chi connectivity index (χ3v) is 4.31. The fraction of sp³-hybridized carbons (Fsp3) is 0.556. The van der Waals surface area contributed by atoms with Gasteiger partial charge in [0.15, 0.2) is 0 Å². The van der Waals surface area contributed by atoms with Gasteiger partial charge in [-0.15, -0.1) is 0 Å². The second-order valence-electron chi connectivity index (χ2n) is 6.49. The maximum atomic E-state index is 12.5. The predicted molar refractivity (Wildman–Crippen MR) is 97.9 cm³/mol. The van der Waals surface area contributed by atoms with Crippen LogP contribution in [0.15, 0.2) is 24.3 Å². The van der Waals surface area contributed by atoms with Crippen LogP contribution in [0.2, 0.25) is 0 Å². The van der Waals surface area contributed by atoms with Gasteiger partial charge in [0.1, 0.15) is 5.75 Å². The quantitative estimate of drug-likeness (QED) is 0.850. The number of nitrogens with zero attached hydrogens (tertiary/aromatic N) is 2. The van der Waals surface area contributed by atoms with E-state index >= 15 is 0 Å². The van der Waals surface area contributed by atoms with Gasteiger partial charge in [0, 0.05) is 32.2 Å². The van der Waals surface area contributed by atoms with Gasteiger partial charge in [0.25, 0.3) is 0 Å². The van der Waals surface area contributed by atoms with Crippen LogP contribution >= 0.6 is 0 Å². The molecule has 1 aromatic rings. The van der Waals surface area contributed by atoms with Crippen LogP contribution in [-0.2, 0) is 4.79 Å². The summed E-state index contributed by atoms with van der Waals surface area (Å²) in [6.07, 6.45) is 0. The Bertz CT molecular complexity index is 598. The Hall–Kier alpha value is -2.28. The zero-order chi connectivity index (χ0) is 18.4. The standard InChI is InChI=1S/C18H28N4O3/c1-13(2)19-18(24)22-11-9-21(10-12-22)14(3)17(23)20-15-7-5-6-8-16(15)25-4/h5-8,13-14H,9-12H2,1-4H3,(H,19,24)(H,20,23). The minimum Gasteiger partial charge on any atom is -0.495 e. The van der Waals surface area contributed by atoms with Crippen molar-refractivity contribution in [3.63, 3.8) is 0 Å². The van der Waals surface area contributed by atoms with Crippen molar-refractivity contribution in [2.45, 2.75) is 32.9 Å². The highest BCUT2D eigenvalue weighted by atomic mass is 16.5. The number of piperazine rings is 1. The lowest BCUT2D eigenvalue weighted by molar-refractivity contribution is -0.121. The predicted octanol–water partition coefficient (Wildman–Crippen LogP) is 1.76. The molecule has 7 heteroatoms. The molecule has 1 atom stereocenters. The molecule has 0 aliphatic carbocycles. The number of urea groups is 1. The topological polar surface area (TPSA) is 73.9 Å². The van der Waals surface area contributed by atoms with Crippen molar-refractivity contribution in [3.8, 4) is 5.75 Å². The fourth-order valence-electron chi connectivity index (χ4n) is 2.80. The van der Waals surface area contributed by atoms with E-state index < -0.39 is 0 Å². The van der Waals surface area contributed by atoms with Crippen molar-refractivity contribution in [3.05, 3.63) is 24.3 Å². The molecule has 1 aliphatic rings. The Morgan fingerprint density at radius 2 is 1.72 bits per heavy atom. The molecule has 138 valence electrons. The van der Waals surface area contributed by atoms with Crippen molar-refractivity contribution < 1.29 is 14.3 Å². The molecule has 0 radical (unpaired) electrons. The van der Waals surface area contributed by atoms with E-state index in [0.29, 0.717) is 37.6 Å². The number of benzene rings is 1. The average molecular weight is 348 g/mol. The van der Waals surface area contributed by atoms with Crippen LogP contribution in [-0.4, -0.2) is 67.1 Å². The number of hydrogen-bond acceptors (Lipinski definition) is 4. The van der Waals surface area contributed by atoms with Gasteiger partial charge in [-0.05, 0) is 32.9 Å². The summed E-state index contributed by atoms with van der Waals surface area (Å²) in [6.45, 7) is 8.35. The summed E-state index contributed by atoms with van der Waals surface area (Å²) in [5.74, 6) is 0.558. The molecule has 1 saturated heterocycles. The summed E-state index contributed by atoms with van der Waals surface area (Å²) in [5.41, 5.74) is 0.664. The zero-order valence-corrected chi connectivity index (χ0v) is 15.4. The number of hydrogen-bond donors (Lipinski definition) is 2. The van der Waals surface area contributed by atoms with E-state index in [4.69, 9.17) is 4.74 Å². The van der Waals surface area contributed by atoms with Crippen LogP contribution in [0.1, 0.15) is 20.8 Å². The molecule has 0 aromatic heterocycles. The van der Waals surface area contributed by atoms with Gasteiger partial charge in [-0.2, -0.15) is 0 Å². The maximum Gasteiger partial charge on any atom is 0.317 e. The van der Waals surface area contributed by atoms with E-state index in [1.54, 1.807) is 12.0 Å². The molecule has 1 aromatic carbocycles. The van der Waals surface area contributed by atoms with Gasteiger partial charge >= 0.3 is 6.03 Å². The largest absolute Gasteiger partial charge is 0.495 e. The number of carbonyl (C=O) groups excluding carboxylic acids is 2. The molecule has 2 rings (SSSR count). The summed E-state index contributed by atoms with van der Waals surface area (Å²) in [4.78, 5) is 28.5. The van der Waals surface area contributed by atoms with Crippen LogP contribution in [0.5, 0.6) is 5.75 Å². The van der Waals surface area contributed by atoms with E-state index in [0.717, 1.165) is 0 Å². The van der Waals surface area contributed by atoms with Crippen LogP contribution in [0.4, 0.5) is 10.5 Å². The van der Waals surface area contributed by atoms with E-state index in [9.17, 15) is 9.59 Å². The molecule has 0 spiro atoms. The number of carbonyl (C=O) groups is 2. The molecule has 2 N–H and O–H groups in total. The first-order valence-corrected chi connectivity index (χ1v) is 8.65. The van der Waals surface area contributed by atoms with Gasteiger partial charge in [-0.1, -0.05) is 12.1 Å².